The first kappa shape index (κ1) is 23.6. The van der Waals surface area contributed by atoms with Crippen LogP contribution in [-0.4, -0.2) is 22.0 Å². The van der Waals surface area contributed by atoms with Gasteiger partial charge in [-0.3, -0.25) is 4.79 Å². The second-order valence-electron chi connectivity index (χ2n) is 7.02. The fourth-order valence-corrected chi connectivity index (χ4v) is 4.08. The van der Waals surface area contributed by atoms with Crippen molar-refractivity contribution in [3.05, 3.63) is 83.9 Å². The molecule has 0 saturated heterocycles. The summed E-state index contributed by atoms with van der Waals surface area (Å²) in [4.78, 5) is 11.9. The van der Waals surface area contributed by atoms with Crippen LogP contribution < -0.4 is 9.46 Å². The highest BCUT2D eigenvalue weighted by Crippen LogP contribution is 2.36. The van der Waals surface area contributed by atoms with Gasteiger partial charge in [0.2, 0.25) is 0 Å². The first-order chi connectivity index (χ1) is 15.1. The molecule has 0 aliphatic heterocycles. The van der Waals surface area contributed by atoms with Gasteiger partial charge in [-0.1, -0.05) is 54.1 Å². The minimum Gasteiger partial charge on any atom is -0.593 e. The van der Waals surface area contributed by atoms with Crippen LogP contribution >= 0.6 is 0 Å². The molecule has 32 heavy (non-hydrogen) atoms. The zero-order valence-corrected chi connectivity index (χ0v) is 17.7. The summed E-state index contributed by atoms with van der Waals surface area (Å²) in [6.45, 7) is 1.88. The summed E-state index contributed by atoms with van der Waals surface area (Å²) < 4.78 is 58.4. The van der Waals surface area contributed by atoms with E-state index in [9.17, 15) is 27.6 Å². The number of hydrogen-bond acceptors (Lipinski definition) is 4. The van der Waals surface area contributed by atoms with E-state index >= 15 is 0 Å². The number of nitrogens with one attached hydrogen (secondary N) is 1. The van der Waals surface area contributed by atoms with E-state index in [1.165, 1.54) is 12.1 Å². The molecule has 0 bridgehead atoms. The minimum atomic E-state index is -4.89. The van der Waals surface area contributed by atoms with E-state index < -0.39 is 41.9 Å². The molecule has 2 atom stereocenters. The number of carboxylic acid groups (broad SMARTS) is 1. The Bertz CT molecular complexity index is 1060. The number of alkyl halides is 3. The zero-order chi connectivity index (χ0) is 23.3. The molecule has 0 aromatic heterocycles. The maximum absolute atomic E-state index is 12.9. The summed E-state index contributed by atoms with van der Waals surface area (Å²) in [5.74, 6) is -1.57. The third-order valence-electron chi connectivity index (χ3n) is 4.58. The highest BCUT2D eigenvalue weighted by Gasteiger charge is 2.33. The van der Waals surface area contributed by atoms with E-state index in [2.05, 4.69) is 9.46 Å². The molecule has 9 heteroatoms. The molecule has 5 nitrogen and oxygen atoms in total. The van der Waals surface area contributed by atoms with Gasteiger partial charge >= 0.3 is 12.3 Å². The third-order valence-corrected chi connectivity index (χ3v) is 5.78. The Balaban J connectivity index is 1.98. The monoisotopic (exact) mass is 463 g/mol. The van der Waals surface area contributed by atoms with Gasteiger partial charge in [0.1, 0.15) is 5.75 Å². The van der Waals surface area contributed by atoms with Crippen molar-refractivity contribution in [2.45, 2.75) is 30.6 Å². The molecule has 0 spiro atoms. The van der Waals surface area contributed by atoms with Gasteiger partial charge in [-0.2, -0.15) is 0 Å². The van der Waals surface area contributed by atoms with Crippen LogP contribution in [0.15, 0.2) is 77.7 Å². The standard InChI is InChI=1S/C23H20F3NO4S/c1-15-7-10-18(11-8-15)32(30)27-20(14-22(28)29)17-9-12-21(31-23(24,25)26)19(13-17)16-5-3-2-4-6-16/h2-13,20,27H,14H2,1H3,(H,28,29)/t20-,32+/m0/s1. The Labute approximate surface area is 186 Å². The van der Waals surface area contributed by atoms with Crippen LogP contribution in [-0.2, 0) is 16.2 Å². The van der Waals surface area contributed by atoms with Crippen molar-refractivity contribution in [1.29, 1.82) is 0 Å². The number of carboxylic acids is 1. The summed E-state index contributed by atoms with van der Waals surface area (Å²) >= 11 is -1.74. The van der Waals surface area contributed by atoms with Crippen molar-refractivity contribution >= 4 is 17.3 Å². The third kappa shape index (κ3) is 6.49. The lowest BCUT2D eigenvalue weighted by molar-refractivity contribution is -0.274. The van der Waals surface area contributed by atoms with E-state index in [-0.39, 0.29) is 5.56 Å². The summed E-state index contributed by atoms with van der Waals surface area (Å²) in [6.07, 6.45) is -5.32. The second kappa shape index (κ2) is 10.1. The van der Waals surface area contributed by atoms with Crippen molar-refractivity contribution in [3.8, 4) is 16.9 Å². The predicted molar refractivity (Wildman–Crippen MR) is 114 cm³/mol. The zero-order valence-electron chi connectivity index (χ0n) is 16.9. The van der Waals surface area contributed by atoms with Gasteiger partial charge in [-0.25, -0.2) is 0 Å². The summed E-state index contributed by atoms with van der Waals surface area (Å²) in [5, 5.41) is 9.35. The second-order valence-corrected chi connectivity index (χ2v) is 8.26. The summed E-state index contributed by atoms with van der Waals surface area (Å²) in [5.41, 5.74) is 1.93. The topological polar surface area (TPSA) is 81.6 Å². The summed E-state index contributed by atoms with van der Waals surface area (Å²) in [7, 11) is 0. The van der Waals surface area contributed by atoms with E-state index in [1.807, 2.05) is 6.92 Å². The maximum Gasteiger partial charge on any atom is 0.573 e. The number of carbonyl (C=O) groups is 1. The van der Waals surface area contributed by atoms with E-state index in [0.717, 1.165) is 11.6 Å². The van der Waals surface area contributed by atoms with Crippen molar-refractivity contribution < 1.29 is 32.4 Å². The molecule has 0 unspecified atom stereocenters. The summed E-state index contributed by atoms with van der Waals surface area (Å²) in [6, 6.07) is 18.1. The SMILES string of the molecule is Cc1ccc([S@@+]([O-])N[C@@H](CC(=O)O)c2ccc(OC(F)(F)F)c(-c3ccccc3)c2)cc1. The lowest BCUT2D eigenvalue weighted by Crippen LogP contribution is -2.30. The van der Waals surface area contributed by atoms with Crippen LogP contribution in [0.25, 0.3) is 11.1 Å². The molecule has 0 radical (unpaired) electrons. The molecule has 3 rings (SSSR count). The average Bonchev–Trinajstić information content (AvgIpc) is 2.73. The van der Waals surface area contributed by atoms with Gasteiger partial charge < -0.3 is 14.4 Å². The fraction of sp³-hybridized carbons (Fsp3) is 0.174. The largest absolute Gasteiger partial charge is 0.593 e. The van der Waals surface area contributed by atoms with Gasteiger partial charge in [0.05, 0.1) is 23.8 Å². The molecule has 3 aromatic carbocycles. The normalized spacial score (nSPS) is 13.4. The van der Waals surface area contributed by atoms with Crippen molar-refractivity contribution in [2.24, 2.45) is 0 Å². The van der Waals surface area contributed by atoms with Crippen LogP contribution in [0, 0.1) is 6.92 Å². The molecule has 0 amide bonds. The maximum atomic E-state index is 12.9. The van der Waals surface area contributed by atoms with Gasteiger partial charge in [0.15, 0.2) is 4.90 Å². The van der Waals surface area contributed by atoms with E-state index in [4.69, 9.17) is 0 Å². The highest BCUT2D eigenvalue weighted by molar-refractivity contribution is 7.89. The molecule has 3 aromatic rings. The number of ether oxygens (including phenoxy) is 1. The molecule has 2 N–H and O–H groups in total. The van der Waals surface area contributed by atoms with Crippen molar-refractivity contribution in [3.63, 3.8) is 0 Å². The van der Waals surface area contributed by atoms with Crippen LogP contribution in [0.1, 0.15) is 23.6 Å². The first-order valence-electron chi connectivity index (χ1n) is 9.54. The lowest BCUT2D eigenvalue weighted by atomic mass is 9.97. The quantitative estimate of drug-likeness (QED) is 0.438. The molecule has 0 aliphatic rings. The van der Waals surface area contributed by atoms with Crippen LogP contribution in [0.2, 0.25) is 0 Å². The smallest absolute Gasteiger partial charge is 0.573 e. The Morgan fingerprint density at radius 3 is 2.34 bits per heavy atom. The van der Waals surface area contributed by atoms with E-state index in [1.54, 1.807) is 54.6 Å². The number of aryl methyl sites for hydroxylation is 1. The molecule has 0 heterocycles. The van der Waals surface area contributed by atoms with Gasteiger partial charge in [0.25, 0.3) is 0 Å². The Morgan fingerprint density at radius 2 is 1.75 bits per heavy atom. The van der Waals surface area contributed by atoms with Crippen molar-refractivity contribution in [1.82, 2.24) is 4.72 Å². The number of hydrogen-bond donors (Lipinski definition) is 2. The molecule has 168 valence electrons. The van der Waals surface area contributed by atoms with Gasteiger partial charge in [-0.05, 0) is 42.3 Å². The van der Waals surface area contributed by atoms with Crippen LogP contribution in [0.5, 0.6) is 5.75 Å². The number of benzene rings is 3. The average molecular weight is 463 g/mol. The van der Waals surface area contributed by atoms with Crippen molar-refractivity contribution in [2.75, 3.05) is 0 Å². The lowest BCUT2D eigenvalue weighted by Gasteiger charge is -2.21. The van der Waals surface area contributed by atoms with Gasteiger partial charge in [0, 0.05) is 5.56 Å². The number of halogens is 3. The number of aliphatic carboxylic acids is 1. The molecule has 0 aliphatic carbocycles. The van der Waals surface area contributed by atoms with E-state index in [0.29, 0.717) is 16.0 Å². The number of rotatable bonds is 8. The predicted octanol–water partition coefficient (Wildman–Crippen LogP) is 5.39. The highest BCUT2D eigenvalue weighted by atomic mass is 32.2. The van der Waals surface area contributed by atoms with Crippen LogP contribution in [0.4, 0.5) is 13.2 Å². The fourth-order valence-electron chi connectivity index (χ4n) is 3.08. The van der Waals surface area contributed by atoms with Crippen LogP contribution in [0.3, 0.4) is 0 Å². The first-order valence-corrected chi connectivity index (χ1v) is 10.7. The molecular weight excluding hydrogens is 443 g/mol. The molecule has 0 fully saturated rings. The Hall–Kier alpha value is -3.01. The molecule has 0 saturated carbocycles. The Morgan fingerprint density at radius 1 is 1.09 bits per heavy atom. The molecular formula is C23H20F3NO4S. The minimum absolute atomic E-state index is 0.138. The Kier molecular flexibility index (Phi) is 7.44. The van der Waals surface area contributed by atoms with Gasteiger partial charge in [-0.15, -0.1) is 17.9 Å².